The molecule has 1 rings (SSSR count). The highest BCUT2D eigenvalue weighted by atomic mass is 14.9. The smallest absolute Gasteiger partial charge is 0.171 e. The van der Waals surface area contributed by atoms with Gasteiger partial charge in [0.05, 0.1) is 0 Å². The number of unbranched alkanes of at least 4 members (excludes halogenated alkanes) is 10. The van der Waals surface area contributed by atoms with Crippen LogP contribution in [0.3, 0.4) is 0 Å². The summed E-state index contributed by atoms with van der Waals surface area (Å²) >= 11 is 0. The molecule has 0 radical (unpaired) electrons. The SMILES string of the molecule is CCCCCCCCCCc1ccc[n+](CCCCCC)c1. The molecule has 1 heteroatoms. The Morgan fingerprint density at radius 2 is 1.32 bits per heavy atom. The standard InChI is InChI=1S/C21H38N/c1-3-5-7-9-10-11-12-13-16-21-17-15-19-22(20-21)18-14-8-6-4-2/h15,17,19-20H,3-14,16,18H2,1-2H3/q+1. The molecule has 0 unspecified atom stereocenters. The van der Waals surface area contributed by atoms with Crippen molar-refractivity contribution < 1.29 is 4.57 Å². The monoisotopic (exact) mass is 304 g/mol. The minimum absolute atomic E-state index is 1.19. The number of rotatable bonds is 14. The van der Waals surface area contributed by atoms with Crippen LogP contribution in [-0.2, 0) is 13.0 Å². The first kappa shape index (κ1) is 19.2. The first-order valence-electron chi connectivity index (χ1n) is 9.84. The van der Waals surface area contributed by atoms with Gasteiger partial charge in [-0.3, -0.25) is 0 Å². The number of pyridine rings is 1. The molecule has 0 N–H and O–H groups in total. The van der Waals surface area contributed by atoms with E-state index in [9.17, 15) is 0 Å². The summed E-state index contributed by atoms with van der Waals surface area (Å²) in [5, 5.41) is 0. The van der Waals surface area contributed by atoms with Gasteiger partial charge in [-0.2, -0.15) is 0 Å². The summed E-state index contributed by atoms with van der Waals surface area (Å²) in [6.07, 6.45) is 22.5. The van der Waals surface area contributed by atoms with E-state index in [-0.39, 0.29) is 0 Å². The second-order valence-electron chi connectivity index (χ2n) is 6.74. The molecule has 0 spiro atoms. The van der Waals surface area contributed by atoms with E-state index < -0.39 is 0 Å². The molecule has 0 saturated heterocycles. The zero-order chi connectivity index (χ0) is 15.9. The molecule has 0 aromatic carbocycles. The van der Waals surface area contributed by atoms with Crippen molar-refractivity contribution in [2.45, 2.75) is 104 Å². The second-order valence-corrected chi connectivity index (χ2v) is 6.74. The highest BCUT2D eigenvalue weighted by Crippen LogP contribution is 2.10. The normalized spacial score (nSPS) is 11.0. The minimum atomic E-state index is 1.19. The van der Waals surface area contributed by atoms with E-state index in [0.717, 1.165) is 0 Å². The minimum Gasteiger partial charge on any atom is -0.205 e. The Morgan fingerprint density at radius 1 is 0.727 bits per heavy atom. The second kappa shape index (κ2) is 13.8. The summed E-state index contributed by atoms with van der Waals surface area (Å²) in [5.74, 6) is 0. The number of hydrogen-bond acceptors (Lipinski definition) is 0. The van der Waals surface area contributed by atoms with Gasteiger partial charge in [0.2, 0.25) is 0 Å². The van der Waals surface area contributed by atoms with Gasteiger partial charge in [-0.25, -0.2) is 4.57 Å². The van der Waals surface area contributed by atoms with Crippen LogP contribution in [0, 0.1) is 0 Å². The Kier molecular flexibility index (Phi) is 12.0. The summed E-state index contributed by atoms with van der Waals surface area (Å²) in [5.41, 5.74) is 1.52. The van der Waals surface area contributed by atoms with Crippen LogP contribution < -0.4 is 4.57 Å². The lowest BCUT2D eigenvalue weighted by Crippen LogP contribution is -2.33. The molecule has 0 bridgehead atoms. The van der Waals surface area contributed by atoms with Crippen molar-refractivity contribution in [1.29, 1.82) is 0 Å². The number of aryl methyl sites for hydroxylation is 2. The highest BCUT2D eigenvalue weighted by molar-refractivity contribution is 5.05. The van der Waals surface area contributed by atoms with Crippen LogP contribution in [-0.4, -0.2) is 0 Å². The van der Waals surface area contributed by atoms with E-state index in [2.05, 4.69) is 42.9 Å². The summed E-state index contributed by atoms with van der Waals surface area (Å²) in [6.45, 7) is 5.75. The maximum Gasteiger partial charge on any atom is 0.171 e. The van der Waals surface area contributed by atoms with Gasteiger partial charge in [0.25, 0.3) is 0 Å². The van der Waals surface area contributed by atoms with Crippen LogP contribution in [0.2, 0.25) is 0 Å². The van der Waals surface area contributed by atoms with Crippen LogP contribution in [0.4, 0.5) is 0 Å². The lowest BCUT2D eigenvalue weighted by atomic mass is 10.1. The maximum absolute atomic E-state index is 2.38. The molecular weight excluding hydrogens is 266 g/mol. The molecule has 126 valence electrons. The fourth-order valence-corrected chi connectivity index (χ4v) is 3.05. The molecule has 0 aliphatic rings. The van der Waals surface area contributed by atoms with Gasteiger partial charge < -0.3 is 0 Å². The maximum atomic E-state index is 2.38. The Bertz CT molecular complexity index is 359. The zero-order valence-electron chi connectivity index (χ0n) is 15.2. The predicted molar refractivity (Wildman–Crippen MR) is 97.1 cm³/mol. The summed E-state index contributed by atoms with van der Waals surface area (Å²) in [7, 11) is 0. The molecule has 0 amide bonds. The molecular formula is C21H38N+. The van der Waals surface area contributed by atoms with Crippen molar-refractivity contribution in [3.05, 3.63) is 30.1 Å². The van der Waals surface area contributed by atoms with Crippen LogP contribution in [0.1, 0.15) is 96.5 Å². The van der Waals surface area contributed by atoms with Crippen molar-refractivity contribution in [3.8, 4) is 0 Å². The molecule has 1 nitrogen and oxygen atoms in total. The quantitative estimate of drug-likeness (QED) is 0.283. The Labute approximate surface area is 139 Å². The molecule has 0 aliphatic heterocycles. The van der Waals surface area contributed by atoms with Crippen molar-refractivity contribution in [2.24, 2.45) is 0 Å². The van der Waals surface area contributed by atoms with Crippen LogP contribution in [0.15, 0.2) is 24.5 Å². The largest absolute Gasteiger partial charge is 0.205 e. The molecule has 0 fully saturated rings. The van der Waals surface area contributed by atoms with E-state index in [4.69, 9.17) is 0 Å². The molecule has 1 heterocycles. The van der Waals surface area contributed by atoms with Gasteiger partial charge in [-0.15, -0.1) is 0 Å². The summed E-state index contributed by atoms with van der Waals surface area (Å²) in [4.78, 5) is 0. The molecule has 0 atom stereocenters. The number of nitrogens with zero attached hydrogens (tertiary/aromatic N) is 1. The molecule has 0 saturated carbocycles. The van der Waals surface area contributed by atoms with E-state index in [1.807, 2.05) is 0 Å². The molecule has 1 aromatic heterocycles. The Morgan fingerprint density at radius 3 is 2.00 bits per heavy atom. The van der Waals surface area contributed by atoms with E-state index in [0.29, 0.717) is 0 Å². The number of aromatic nitrogens is 1. The first-order chi connectivity index (χ1) is 10.9. The van der Waals surface area contributed by atoms with Gasteiger partial charge in [0.15, 0.2) is 12.4 Å². The van der Waals surface area contributed by atoms with Crippen molar-refractivity contribution in [3.63, 3.8) is 0 Å². The Hall–Kier alpha value is -0.850. The lowest BCUT2D eigenvalue weighted by molar-refractivity contribution is -0.697. The van der Waals surface area contributed by atoms with E-state index in [1.54, 1.807) is 0 Å². The average molecular weight is 305 g/mol. The predicted octanol–water partition coefficient (Wildman–Crippen LogP) is 6.24. The van der Waals surface area contributed by atoms with Gasteiger partial charge in [-0.1, -0.05) is 71.6 Å². The van der Waals surface area contributed by atoms with Crippen LogP contribution in [0.25, 0.3) is 0 Å². The highest BCUT2D eigenvalue weighted by Gasteiger charge is 2.02. The third kappa shape index (κ3) is 9.97. The average Bonchev–Trinajstić information content (AvgIpc) is 2.54. The van der Waals surface area contributed by atoms with E-state index >= 15 is 0 Å². The zero-order valence-corrected chi connectivity index (χ0v) is 15.2. The molecule has 22 heavy (non-hydrogen) atoms. The lowest BCUT2D eigenvalue weighted by Gasteiger charge is -2.03. The van der Waals surface area contributed by atoms with Crippen molar-refractivity contribution >= 4 is 0 Å². The van der Waals surface area contributed by atoms with Gasteiger partial charge in [0.1, 0.15) is 6.54 Å². The van der Waals surface area contributed by atoms with E-state index in [1.165, 1.54) is 95.6 Å². The van der Waals surface area contributed by atoms with Gasteiger partial charge in [0, 0.05) is 18.1 Å². The van der Waals surface area contributed by atoms with Crippen LogP contribution in [0.5, 0.6) is 0 Å². The van der Waals surface area contributed by atoms with Gasteiger partial charge in [-0.05, 0) is 25.3 Å². The topological polar surface area (TPSA) is 3.88 Å². The fourth-order valence-electron chi connectivity index (χ4n) is 3.05. The fraction of sp³-hybridized carbons (Fsp3) is 0.762. The molecule has 1 aromatic rings. The third-order valence-corrected chi connectivity index (χ3v) is 4.51. The number of hydrogen-bond donors (Lipinski definition) is 0. The van der Waals surface area contributed by atoms with Gasteiger partial charge >= 0.3 is 0 Å². The molecule has 0 aliphatic carbocycles. The van der Waals surface area contributed by atoms with Crippen molar-refractivity contribution in [2.75, 3.05) is 0 Å². The first-order valence-corrected chi connectivity index (χ1v) is 9.84. The summed E-state index contributed by atoms with van der Waals surface area (Å²) in [6, 6.07) is 4.52. The van der Waals surface area contributed by atoms with Crippen LogP contribution >= 0.6 is 0 Å². The Balaban J connectivity index is 2.09. The summed E-state index contributed by atoms with van der Waals surface area (Å²) < 4.78 is 2.38. The van der Waals surface area contributed by atoms with Crippen molar-refractivity contribution in [1.82, 2.24) is 0 Å². The third-order valence-electron chi connectivity index (χ3n) is 4.51.